The van der Waals surface area contributed by atoms with Crippen molar-refractivity contribution in [2.75, 3.05) is 11.9 Å². The Morgan fingerprint density at radius 2 is 1.83 bits per heavy atom. The number of carbonyl (C=O) groups is 1. The number of aromatic nitrogens is 3. The number of aromatic amines is 2. The number of nitrogens with zero attached hydrogens (tertiary/aromatic N) is 1. The first kappa shape index (κ1) is 16.3. The molecule has 8 heteroatoms. The van der Waals surface area contributed by atoms with Crippen LogP contribution in [0, 0.1) is 11.8 Å². The molecule has 1 amide bonds. The fourth-order valence-electron chi connectivity index (χ4n) is 3.02. The molecule has 3 rings (SSSR count). The summed E-state index contributed by atoms with van der Waals surface area (Å²) >= 11 is 0. The number of benzene rings is 1. The Morgan fingerprint density at radius 3 is 2.42 bits per heavy atom. The second-order valence-corrected chi connectivity index (χ2v) is 6.21. The molecule has 128 valence electrons. The number of rotatable bonds is 4. The first-order valence-corrected chi connectivity index (χ1v) is 7.90. The first-order chi connectivity index (χ1) is 11.5. The maximum atomic E-state index is 12.4. The molecule has 0 bridgehead atoms. The van der Waals surface area contributed by atoms with Gasteiger partial charge in [-0.2, -0.15) is 0 Å². The van der Waals surface area contributed by atoms with Gasteiger partial charge < -0.3 is 10.1 Å². The third-order valence-electron chi connectivity index (χ3n) is 4.21. The predicted octanol–water partition coefficient (Wildman–Crippen LogP) is 0.854. The average Bonchev–Trinajstić information content (AvgIpc) is 3.16. The van der Waals surface area contributed by atoms with Crippen LogP contribution in [0.1, 0.15) is 20.3 Å². The molecule has 3 N–H and O–H groups in total. The summed E-state index contributed by atoms with van der Waals surface area (Å²) in [5.41, 5.74) is -0.0535. The number of anilines is 1. The zero-order valence-electron chi connectivity index (χ0n) is 13.5. The molecule has 1 saturated heterocycles. The molecule has 1 aromatic carbocycles. The molecular formula is C16H20N4O4. The van der Waals surface area contributed by atoms with E-state index in [4.69, 9.17) is 4.74 Å². The van der Waals surface area contributed by atoms with E-state index in [-0.39, 0.29) is 23.8 Å². The van der Waals surface area contributed by atoms with Crippen LogP contribution in [0.3, 0.4) is 0 Å². The van der Waals surface area contributed by atoms with Crippen LogP contribution in [0.4, 0.5) is 5.69 Å². The largest absolute Gasteiger partial charge is 0.377 e. The summed E-state index contributed by atoms with van der Waals surface area (Å²) in [6.45, 7) is 4.67. The fourth-order valence-corrected chi connectivity index (χ4v) is 3.02. The van der Waals surface area contributed by atoms with Crippen molar-refractivity contribution in [3.05, 3.63) is 45.2 Å². The fraction of sp³-hybridized carbons (Fsp3) is 0.438. The monoisotopic (exact) mass is 332 g/mol. The molecule has 0 spiro atoms. The van der Waals surface area contributed by atoms with E-state index in [0.717, 1.165) is 4.57 Å². The summed E-state index contributed by atoms with van der Waals surface area (Å²) in [6.07, 6.45) is 0.641. The van der Waals surface area contributed by atoms with Crippen molar-refractivity contribution < 1.29 is 9.53 Å². The molecule has 1 aromatic heterocycles. The van der Waals surface area contributed by atoms with Crippen molar-refractivity contribution in [1.82, 2.24) is 14.8 Å². The van der Waals surface area contributed by atoms with E-state index in [9.17, 15) is 14.4 Å². The van der Waals surface area contributed by atoms with Crippen molar-refractivity contribution in [2.45, 2.75) is 26.4 Å². The second-order valence-electron chi connectivity index (χ2n) is 6.21. The topological polar surface area (TPSA) is 109 Å². The Bertz CT molecular complexity index is 803. The highest BCUT2D eigenvalue weighted by Crippen LogP contribution is 2.28. The summed E-state index contributed by atoms with van der Waals surface area (Å²) in [6, 6.07) is 6.52. The van der Waals surface area contributed by atoms with Crippen molar-refractivity contribution >= 4 is 11.6 Å². The lowest BCUT2D eigenvalue weighted by Crippen LogP contribution is -2.32. The molecule has 1 aliphatic rings. The Hall–Kier alpha value is -2.61. The second kappa shape index (κ2) is 6.48. The molecule has 0 aliphatic carbocycles. The van der Waals surface area contributed by atoms with E-state index >= 15 is 0 Å². The van der Waals surface area contributed by atoms with Crippen molar-refractivity contribution in [3.63, 3.8) is 0 Å². The van der Waals surface area contributed by atoms with Gasteiger partial charge in [0.2, 0.25) is 5.91 Å². The molecule has 2 unspecified atom stereocenters. The quantitative estimate of drug-likeness (QED) is 0.771. The van der Waals surface area contributed by atoms with E-state index < -0.39 is 11.4 Å². The molecule has 8 nitrogen and oxygen atoms in total. The summed E-state index contributed by atoms with van der Waals surface area (Å²) in [5, 5.41) is 7.31. The minimum atomic E-state index is -0.542. The summed E-state index contributed by atoms with van der Waals surface area (Å²) in [4.78, 5) is 35.6. The lowest BCUT2D eigenvalue weighted by molar-refractivity contribution is -0.122. The Kier molecular flexibility index (Phi) is 4.39. The van der Waals surface area contributed by atoms with Crippen LogP contribution < -0.4 is 16.7 Å². The van der Waals surface area contributed by atoms with E-state index in [1.807, 2.05) is 13.8 Å². The predicted molar refractivity (Wildman–Crippen MR) is 88.3 cm³/mol. The van der Waals surface area contributed by atoms with Crippen molar-refractivity contribution in [2.24, 2.45) is 11.8 Å². The standard InChI is InChI=1S/C16H20N4O4/c1-9(2)13-12(7-8-24-13)14(21)17-10-3-5-11(6-4-10)20-15(22)18-19-16(20)23/h3-6,9,12-13H,7-8H2,1-2H3,(H,17,21)(H,18,22)(H,19,23). The van der Waals surface area contributed by atoms with E-state index in [1.54, 1.807) is 24.3 Å². The normalized spacial score (nSPS) is 20.5. The minimum absolute atomic E-state index is 0.0683. The van der Waals surface area contributed by atoms with Crippen molar-refractivity contribution in [3.8, 4) is 5.69 Å². The van der Waals surface area contributed by atoms with Crippen LogP contribution in [0.2, 0.25) is 0 Å². The average molecular weight is 332 g/mol. The molecule has 2 aromatic rings. The van der Waals surface area contributed by atoms with E-state index in [1.165, 1.54) is 0 Å². The number of H-pyrrole nitrogens is 2. The van der Waals surface area contributed by atoms with Gasteiger partial charge in [0.25, 0.3) is 0 Å². The number of nitrogens with one attached hydrogen (secondary N) is 3. The Morgan fingerprint density at radius 1 is 1.21 bits per heavy atom. The summed E-state index contributed by atoms with van der Waals surface area (Å²) in [7, 11) is 0. The summed E-state index contributed by atoms with van der Waals surface area (Å²) < 4.78 is 6.62. The van der Waals surface area contributed by atoms with Crippen LogP contribution in [0.15, 0.2) is 33.9 Å². The van der Waals surface area contributed by atoms with Crippen LogP contribution in [0.25, 0.3) is 5.69 Å². The van der Waals surface area contributed by atoms with E-state index in [0.29, 0.717) is 24.4 Å². The SMILES string of the molecule is CC(C)C1OCCC1C(=O)Nc1ccc(-n2c(=O)[nH][nH]c2=O)cc1. The summed E-state index contributed by atoms with van der Waals surface area (Å²) in [5.74, 6) is 0.0354. The van der Waals surface area contributed by atoms with Crippen LogP contribution in [-0.2, 0) is 9.53 Å². The van der Waals surface area contributed by atoms with Gasteiger partial charge in [0.05, 0.1) is 17.7 Å². The van der Waals surface area contributed by atoms with Gasteiger partial charge in [0, 0.05) is 12.3 Å². The molecule has 0 saturated carbocycles. The van der Waals surface area contributed by atoms with Crippen LogP contribution in [-0.4, -0.2) is 33.4 Å². The maximum Gasteiger partial charge on any atom is 0.348 e. The molecule has 2 atom stereocenters. The number of ether oxygens (including phenoxy) is 1. The first-order valence-electron chi connectivity index (χ1n) is 7.90. The molecule has 0 radical (unpaired) electrons. The van der Waals surface area contributed by atoms with Gasteiger partial charge in [-0.1, -0.05) is 13.8 Å². The highest BCUT2D eigenvalue weighted by Gasteiger charge is 2.35. The lowest BCUT2D eigenvalue weighted by Gasteiger charge is -2.21. The third-order valence-corrected chi connectivity index (χ3v) is 4.21. The van der Waals surface area contributed by atoms with Gasteiger partial charge in [-0.05, 0) is 36.6 Å². The molecule has 1 aliphatic heterocycles. The minimum Gasteiger partial charge on any atom is -0.377 e. The molecular weight excluding hydrogens is 312 g/mol. The van der Waals surface area contributed by atoms with Crippen LogP contribution >= 0.6 is 0 Å². The third kappa shape index (κ3) is 3.05. The lowest BCUT2D eigenvalue weighted by atomic mass is 9.92. The number of carbonyl (C=O) groups excluding carboxylic acids is 1. The highest BCUT2D eigenvalue weighted by molar-refractivity contribution is 5.93. The molecule has 24 heavy (non-hydrogen) atoms. The van der Waals surface area contributed by atoms with Gasteiger partial charge in [-0.15, -0.1) is 0 Å². The van der Waals surface area contributed by atoms with Gasteiger partial charge in [0.15, 0.2) is 0 Å². The smallest absolute Gasteiger partial charge is 0.348 e. The van der Waals surface area contributed by atoms with Gasteiger partial charge in [0.1, 0.15) is 0 Å². The Balaban J connectivity index is 1.74. The van der Waals surface area contributed by atoms with Gasteiger partial charge in [-0.25, -0.2) is 24.4 Å². The van der Waals surface area contributed by atoms with Gasteiger partial charge >= 0.3 is 11.4 Å². The maximum absolute atomic E-state index is 12.4. The zero-order chi connectivity index (χ0) is 17.3. The van der Waals surface area contributed by atoms with Gasteiger partial charge in [-0.3, -0.25) is 4.79 Å². The number of amides is 1. The molecule has 1 fully saturated rings. The molecule has 2 heterocycles. The Labute approximate surface area is 137 Å². The van der Waals surface area contributed by atoms with Crippen molar-refractivity contribution in [1.29, 1.82) is 0 Å². The number of hydrogen-bond donors (Lipinski definition) is 3. The van der Waals surface area contributed by atoms with E-state index in [2.05, 4.69) is 15.5 Å². The highest BCUT2D eigenvalue weighted by atomic mass is 16.5. The van der Waals surface area contributed by atoms with Crippen LogP contribution in [0.5, 0.6) is 0 Å². The number of hydrogen-bond acceptors (Lipinski definition) is 4. The zero-order valence-corrected chi connectivity index (χ0v) is 13.5.